The van der Waals surface area contributed by atoms with Gasteiger partial charge in [-0.3, -0.25) is 20.3 Å². The summed E-state index contributed by atoms with van der Waals surface area (Å²) >= 11 is 0. The molecule has 0 aliphatic rings. The molecule has 0 aliphatic heterocycles. The van der Waals surface area contributed by atoms with Crippen molar-refractivity contribution in [3.63, 3.8) is 0 Å². The van der Waals surface area contributed by atoms with Crippen LogP contribution in [0.3, 0.4) is 0 Å². The second kappa shape index (κ2) is 10.5. The number of para-hydroxylation sites is 2. The summed E-state index contributed by atoms with van der Waals surface area (Å²) in [5.74, 6) is 1.40. The van der Waals surface area contributed by atoms with Crippen molar-refractivity contribution < 1.29 is 27.6 Å². The molecule has 0 atom stereocenters. The van der Waals surface area contributed by atoms with E-state index in [1.165, 1.54) is 45.7 Å². The highest BCUT2D eigenvalue weighted by atomic mass is 32.2. The van der Waals surface area contributed by atoms with Crippen molar-refractivity contribution >= 4 is 33.3 Å². The Hall–Kier alpha value is -4.32. The quantitative estimate of drug-likeness (QED) is 0.250. The first kappa shape index (κ1) is 24.3. The van der Waals surface area contributed by atoms with Crippen LogP contribution < -0.4 is 24.4 Å². The van der Waals surface area contributed by atoms with Gasteiger partial charge in [0, 0.05) is 17.7 Å². The van der Waals surface area contributed by atoms with Crippen molar-refractivity contribution in [3.05, 3.63) is 76.3 Å². The molecule has 178 valence electrons. The number of hydrogen-bond donors (Lipinski definition) is 2. The van der Waals surface area contributed by atoms with E-state index < -0.39 is 20.6 Å². The molecule has 11 nitrogen and oxygen atoms in total. The van der Waals surface area contributed by atoms with Crippen LogP contribution in [0.25, 0.3) is 0 Å². The molecule has 3 rings (SSSR count). The Kier molecular flexibility index (Phi) is 7.53. The summed E-state index contributed by atoms with van der Waals surface area (Å²) in [5, 5.41) is 15.6. The summed E-state index contributed by atoms with van der Waals surface area (Å²) in [7, 11) is 0.296. The molecule has 0 saturated carbocycles. The van der Waals surface area contributed by atoms with E-state index in [1.807, 2.05) is 0 Å². The first-order chi connectivity index (χ1) is 16.3. The summed E-state index contributed by atoms with van der Waals surface area (Å²) in [5.41, 5.74) is 2.93. The van der Waals surface area contributed by atoms with Gasteiger partial charge < -0.3 is 14.2 Å². The zero-order chi connectivity index (χ0) is 24.7. The third-order valence-electron chi connectivity index (χ3n) is 4.60. The molecule has 0 aliphatic carbocycles. The minimum Gasteiger partial charge on any atom is -0.497 e. The van der Waals surface area contributed by atoms with E-state index >= 15 is 0 Å². The molecular formula is C22H22N4O7S. The molecule has 12 heteroatoms. The van der Waals surface area contributed by atoms with E-state index in [4.69, 9.17) is 14.2 Å². The van der Waals surface area contributed by atoms with Crippen molar-refractivity contribution in [2.24, 2.45) is 5.10 Å². The van der Waals surface area contributed by atoms with Gasteiger partial charge in [-0.2, -0.15) is 5.10 Å². The minimum absolute atomic E-state index is 0.00681. The normalized spacial score (nSPS) is 11.1. The molecule has 0 heterocycles. The molecule has 0 unspecified atom stereocenters. The van der Waals surface area contributed by atoms with Gasteiger partial charge >= 0.3 is 0 Å². The van der Waals surface area contributed by atoms with Gasteiger partial charge in [0.1, 0.15) is 22.9 Å². The number of nitrogens with zero attached hydrogens (tertiary/aromatic N) is 2. The Morgan fingerprint density at radius 2 is 1.59 bits per heavy atom. The molecule has 0 amide bonds. The Morgan fingerprint density at radius 1 is 0.912 bits per heavy atom. The maximum atomic E-state index is 12.8. The lowest BCUT2D eigenvalue weighted by molar-refractivity contribution is -0.384. The van der Waals surface area contributed by atoms with Gasteiger partial charge in [-0.05, 0) is 36.4 Å². The monoisotopic (exact) mass is 486 g/mol. The van der Waals surface area contributed by atoms with Crippen LogP contribution in [0.15, 0.2) is 70.7 Å². The Labute approximate surface area is 196 Å². The molecule has 0 fully saturated rings. The molecule has 0 radical (unpaired) electrons. The van der Waals surface area contributed by atoms with Gasteiger partial charge in [-0.1, -0.05) is 12.1 Å². The van der Waals surface area contributed by atoms with Crippen LogP contribution >= 0.6 is 0 Å². The van der Waals surface area contributed by atoms with Crippen molar-refractivity contribution in [1.82, 2.24) is 0 Å². The Bertz CT molecular complexity index is 1300. The number of nitro benzene ring substituents is 1. The van der Waals surface area contributed by atoms with Crippen LogP contribution in [-0.2, 0) is 10.0 Å². The van der Waals surface area contributed by atoms with Gasteiger partial charge in [-0.15, -0.1) is 0 Å². The number of ether oxygens (including phenoxy) is 3. The van der Waals surface area contributed by atoms with Gasteiger partial charge in [0.05, 0.1) is 43.1 Å². The van der Waals surface area contributed by atoms with Gasteiger partial charge in [-0.25, -0.2) is 8.42 Å². The topological polar surface area (TPSA) is 141 Å². The van der Waals surface area contributed by atoms with Gasteiger partial charge in [0.2, 0.25) is 0 Å². The second-order valence-corrected chi connectivity index (χ2v) is 8.44. The number of benzene rings is 3. The predicted octanol–water partition coefficient (Wildman–Crippen LogP) is 3.87. The van der Waals surface area contributed by atoms with Crippen LogP contribution in [0.5, 0.6) is 17.2 Å². The summed E-state index contributed by atoms with van der Waals surface area (Å²) in [4.78, 5) is 10.6. The van der Waals surface area contributed by atoms with Gasteiger partial charge in [0.15, 0.2) is 0 Å². The lowest BCUT2D eigenvalue weighted by Gasteiger charge is -2.12. The van der Waals surface area contributed by atoms with E-state index in [1.54, 1.807) is 36.4 Å². The van der Waals surface area contributed by atoms with E-state index in [2.05, 4.69) is 15.2 Å². The number of hydrogen-bond acceptors (Lipinski definition) is 9. The number of hydrazone groups is 1. The second-order valence-electron chi connectivity index (χ2n) is 6.76. The molecule has 0 spiro atoms. The first-order valence-electron chi connectivity index (χ1n) is 9.74. The highest BCUT2D eigenvalue weighted by molar-refractivity contribution is 7.92. The fraction of sp³-hybridized carbons (Fsp3) is 0.136. The van der Waals surface area contributed by atoms with Gasteiger partial charge in [0.25, 0.3) is 15.7 Å². The average Bonchev–Trinajstić information content (AvgIpc) is 2.83. The van der Waals surface area contributed by atoms with Crippen LogP contribution in [0.4, 0.5) is 17.1 Å². The molecule has 2 N–H and O–H groups in total. The molecule has 3 aromatic carbocycles. The summed E-state index contributed by atoms with van der Waals surface area (Å²) < 4.78 is 43.5. The van der Waals surface area contributed by atoms with Crippen LogP contribution in [0.1, 0.15) is 5.56 Å². The number of nitrogens with one attached hydrogen (secondary N) is 2. The average molecular weight is 487 g/mol. The van der Waals surface area contributed by atoms with E-state index in [9.17, 15) is 18.5 Å². The fourth-order valence-corrected chi connectivity index (χ4v) is 4.03. The smallest absolute Gasteiger partial charge is 0.295 e. The fourth-order valence-electron chi connectivity index (χ4n) is 2.94. The summed E-state index contributed by atoms with van der Waals surface area (Å²) in [6.07, 6.45) is 1.42. The van der Waals surface area contributed by atoms with E-state index in [0.29, 0.717) is 22.8 Å². The highest BCUT2D eigenvalue weighted by Crippen LogP contribution is 2.31. The molecule has 0 aromatic heterocycles. The summed E-state index contributed by atoms with van der Waals surface area (Å²) in [6, 6.07) is 14.9. The van der Waals surface area contributed by atoms with Crippen LogP contribution in [0, 0.1) is 10.1 Å². The van der Waals surface area contributed by atoms with Crippen LogP contribution in [0.2, 0.25) is 0 Å². The van der Waals surface area contributed by atoms with Crippen LogP contribution in [-0.4, -0.2) is 40.9 Å². The number of nitro groups is 1. The number of methoxy groups -OCH3 is 3. The SMILES string of the molecule is COc1cc(/C=N/Nc2ccc(S(=O)(=O)Nc3ccccc3OC)cc2[N+](=O)[O-])cc(OC)c1. The highest BCUT2D eigenvalue weighted by Gasteiger charge is 2.22. The van der Waals surface area contributed by atoms with Crippen molar-refractivity contribution in [3.8, 4) is 17.2 Å². The van der Waals surface area contributed by atoms with E-state index in [0.717, 1.165) is 6.07 Å². The summed E-state index contributed by atoms with van der Waals surface area (Å²) in [6.45, 7) is 0. The number of rotatable bonds is 10. The van der Waals surface area contributed by atoms with Crippen molar-refractivity contribution in [2.75, 3.05) is 31.5 Å². The first-order valence-corrected chi connectivity index (χ1v) is 11.2. The maximum Gasteiger partial charge on any atom is 0.295 e. The number of sulfonamides is 1. The maximum absolute atomic E-state index is 12.8. The third-order valence-corrected chi connectivity index (χ3v) is 5.96. The molecule has 3 aromatic rings. The third kappa shape index (κ3) is 5.72. The Morgan fingerprint density at radius 3 is 2.21 bits per heavy atom. The zero-order valence-corrected chi connectivity index (χ0v) is 19.3. The Balaban J connectivity index is 1.86. The molecule has 0 bridgehead atoms. The molecule has 0 saturated heterocycles. The predicted molar refractivity (Wildman–Crippen MR) is 128 cm³/mol. The van der Waals surface area contributed by atoms with Crippen molar-refractivity contribution in [2.45, 2.75) is 4.90 Å². The standard InChI is InChI=1S/C22H22N4O7S/c1-31-16-10-15(11-17(12-16)32-2)14-23-24-19-9-8-18(13-21(19)26(27)28)34(29,30)25-20-6-4-5-7-22(20)33-3/h4-14,24-25H,1-3H3/b23-14+. The minimum atomic E-state index is -4.13. The lowest BCUT2D eigenvalue weighted by Crippen LogP contribution is -2.14. The largest absolute Gasteiger partial charge is 0.497 e. The number of anilines is 2. The van der Waals surface area contributed by atoms with Crippen molar-refractivity contribution in [1.29, 1.82) is 0 Å². The molecular weight excluding hydrogens is 464 g/mol. The van der Waals surface area contributed by atoms with E-state index in [-0.39, 0.29) is 16.3 Å². The lowest BCUT2D eigenvalue weighted by atomic mass is 10.2. The molecule has 34 heavy (non-hydrogen) atoms. The zero-order valence-electron chi connectivity index (χ0n) is 18.5.